The fraction of sp³-hybridized carbons (Fsp3) is 0.524. The van der Waals surface area contributed by atoms with Crippen LogP contribution in [0.2, 0.25) is 0 Å². The van der Waals surface area contributed by atoms with Crippen molar-refractivity contribution in [3.05, 3.63) is 52.6 Å². The van der Waals surface area contributed by atoms with E-state index in [2.05, 4.69) is 34.6 Å². The van der Waals surface area contributed by atoms with Crippen molar-refractivity contribution in [1.82, 2.24) is 20.4 Å². The van der Waals surface area contributed by atoms with Gasteiger partial charge >= 0.3 is 0 Å². The molecule has 2 N–H and O–H groups in total. The first kappa shape index (κ1) is 19.4. The summed E-state index contributed by atoms with van der Waals surface area (Å²) < 4.78 is 16.1. The van der Waals surface area contributed by atoms with E-state index >= 15 is 0 Å². The predicted molar refractivity (Wildman–Crippen MR) is 108 cm³/mol. The molecule has 0 spiro atoms. The van der Waals surface area contributed by atoms with Crippen LogP contribution in [0.4, 0.5) is 4.39 Å². The lowest BCUT2D eigenvalue weighted by Crippen LogP contribution is -2.45. The highest BCUT2D eigenvalue weighted by molar-refractivity contribution is 5.80. The number of benzene rings is 1. The summed E-state index contributed by atoms with van der Waals surface area (Å²) >= 11 is 0. The molecule has 3 rings (SSSR count). The highest BCUT2D eigenvalue weighted by atomic mass is 19.1. The molecule has 0 amide bonds. The number of hydrogen-bond acceptors (Lipinski definition) is 2. The maximum Gasteiger partial charge on any atom is 0.191 e. The molecule has 6 heteroatoms. The zero-order valence-electron chi connectivity index (χ0n) is 16.9. The van der Waals surface area contributed by atoms with Crippen molar-refractivity contribution in [2.24, 2.45) is 12.0 Å². The molecular weight excluding hydrogens is 341 g/mol. The predicted octanol–water partition coefficient (Wildman–Crippen LogP) is 3.00. The third kappa shape index (κ3) is 4.15. The Balaban J connectivity index is 1.59. The van der Waals surface area contributed by atoms with Crippen molar-refractivity contribution < 1.29 is 4.39 Å². The maximum atomic E-state index is 14.2. The largest absolute Gasteiger partial charge is 0.356 e. The minimum absolute atomic E-state index is 0.108. The smallest absolute Gasteiger partial charge is 0.191 e. The second-order valence-corrected chi connectivity index (χ2v) is 7.71. The van der Waals surface area contributed by atoms with Gasteiger partial charge in [-0.05, 0) is 57.2 Å². The van der Waals surface area contributed by atoms with Gasteiger partial charge in [-0.1, -0.05) is 18.2 Å². The quantitative estimate of drug-likeness (QED) is 0.606. The van der Waals surface area contributed by atoms with Crippen LogP contribution in [0.5, 0.6) is 0 Å². The average Bonchev–Trinajstić information content (AvgIpc) is 3.39. The monoisotopic (exact) mass is 371 g/mol. The SMILES string of the molecule is CN=C(NCC1(c2ccccc2F)CC1)NC(C)Cc1c(C)nn(C)c1C. The molecule has 2 aromatic rings. The first-order valence-electron chi connectivity index (χ1n) is 9.57. The Labute approximate surface area is 161 Å². The number of nitrogens with one attached hydrogen (secondary N) is 2. The summed E-state index contributed by atoms with van der Waals surface area (Å²) in [5.74, 6) is 0.639. The molecule has 0 saturated heterocycles. The van der Waals surface area contributed by atoms with E-state index in [-0.39, 0.29) is 17.3 Å². The van der Waals surface area contributed by atoms with Gasteiger partial charge in [0.15, 0.2) is 5.96 Å². The summed E-state index contributed by atoms with van der Waals surface area (Å²) in [7, 11) is 3.74. The number of hydrogen-bond donors (Lipinski definition) is 2. The van der Waals surface area contributed by atoms with E-state index < -0.39 is 0 Å². The molecule has 1 unspecified atom stereocenters. The lowest BCUT2D eigenvalue weighted by Gasteiger charge is -2.22. The van der Waals surface area contributed by atoms with Crippen LogP contribution in [-0.4, -0.2) is 35.4 Å². The van der Waals surface area contributed by atoms with Gasteiger partial charge in [0.25, 0.3) is 0 Å². The number of guanidine groups is 1. The second-order valence-electron chi connectivity index (χ2n) is 7.71. The molecule has 1 atom stereocenters. The summed E-state index contributed by atoms with van der Waals surface area (Å²) in [4.78, 5) is 4.35. The number of halogens is 1. The van der Waals surface area contributed by atoms with Gasteiger partial charge in [0, 0.05) is 37.8 Å². The first-order valence-corrected chi connectivity index (χ1v) is 9.57. The number of nitrogens with zero attached hydrogens (tertiary/aromatic N) is 3. The van der Waals surface area contributed by atoms with E-state index in [0.29, 0.717) is 6.54 Å². The Kier molecular flexibility index (Phi) is 5.53. The zero-order chi connectivity index (χ0) is 19.6. The van der Waals surface area contributed by atoms with Crippen molar-refractivity contribution in [2.75, 3.05) is 13.6 Å². The Hall–Kier alpha value is -2.37. The van der Waals surface area contributed by atoms with Gasteiger partial charge in [0.2, 0.25) is 0 Å². The van der Waals surface area contributed by atoms with E-state index in [4.69, 9.17) is 0 Å². The number of aliphatic imine (C=N–C) groups is 1. The summed E-state index contributed by atoms with van der Waals surface area (Å²) in [6, 6.07) is 7.31. The van der Waals surface area contributed by atoms with E-state index in [9.17, 15) is 4.39 Å². The summed E-state index contributed by atoms with van der Waals surface area (Å²) in [5, 5.41) is 11.3. The third-order valence-corrected chi connectivity index (χ3v) is 5.67. The molecule has 0 aliphatic heterocycles. The Morgan fingerprint density at radius 3 is 2.59 bits per heavy atom. The Morgan fingerprint density at radius 1 is 1.33 bits per heavy atom. The van der Waals surface area contributed by atoms with Crippen LogP contribution in [0, 0.1) is 19.7 Å². The van der Waals surface area contributed by atoms with Crippen LogP contribution in [0.3, 0.4) is 0 Å². The van der Waals surface area contributed by atoms with Crippen molar-refractivity contribution in [1.29, 1.82) is 0 Å². The number of rotatable bonds is 6. The standard InChI is InChI=1S/C21H30FN5/c1-14(12-17-15(2)26-27(5)16(17)3)25-20(23-4)24-13-21(10-11-21)18-8-6-7-9-19(18)22/h6-9,14H,10-13H2,1-5H3,(H2,23,24,25). The van der Waals surface area contributed by atoms with Gasteiger partial charge < -0.3 is 10.6 Å². The molecule has 1 saturated carbocycles. The van der Waals surface area contributed by atoms with Crippen molar-refractivity contribution in [3.63, 3.8) is 0 Å². The van der Waals surface area contributed by atoms with Crippen molar-refractivity contribution in [2.45, 2.75) is 51.5 Å². The molecule has 0 bridgehead atoms. The Bertz CT molecular complexity index is 835. The van der Waals surface area contributed by atoms with Gasteiger partial charge in [-0.3, -0.25) is 9.67 Å². The molecule has 0 radical (unpaired) electrons. The summed E-state index contributed by atoms with van der Waals surface area (Å²) in [6.07, 6.45) is 2.88. The molecule has 1 aromatic carbocycles. The highest BCUT2D eigenvalue weighted by Crippen LogP contribution is 2.48. The molecule has 5 nitrogen and oxygen atoms in total. The lowest BCUT2D eigenvalue weighted by molar-refractivity contribution is 0.555. The summed E-state index contributed by atoms with van der Waals surface area (Å²) in [6.45, 7) is 6.97. The molecule has 1 aliphatic rings. The van der Waals surface area contributed by atoms with Crippen LogP contribution in [0.15, 0.2) is 29.3 Å². The van der Waals surface area contributed by atoms with E-state index in [1.54, 1.807) is 19.2 Å². The van der Waals surface area contributed by atoms with Gasteiger partial charge in [-0.2, -0.15) is 5.10 Å². The minimum atomic E-state index is -0.115. The molecule has 146 valence electrons. The average molecular weight is 372 g/mol. The molecule has 1 aliphatic carbocycles. The number of aromatic nitrogens is 2. The van der Waals surface area contributed by atoms with E-state index in [0.717, 1.165) is 36.5 Å². The first-order chi connectivity index (χ1) is 12.9. The van der Waals surface area contributed by atoms with Crippen LogP contribution in [-0.2, 0) is 18.9 Å². The fourth-order valence-corrected chi connectivity index (χ4v) is 3.73. The molecule has 1 heterocycles. The second kappa shape index (κ2) is 7.71. The fourth-order valence-electron chi connectivity index (χ4n) is 3.73. The topological polar surface area (TPSA) is 54.2 Å². The van der Waals surface area contributed by atoms with Gasteiger partial charge in [0.1, 0.15) is 5.82 Å². The van der Waals surface area contributed by atoms with Crippen LogP contribution in [0.25, 0.3) is 0 Å². The third-order valence-electron chi connectivity index (χ3n) is 5.67. The lowest BCUT2D eigenvalue weighted by atomic mass is 9.95. The zero-order valence-corrected chi connectivity index (χ0v) is 16.9. The van der Waals surface area contributed by atoms with Crippen LogP contribution in [0.1, 0.15) is 42.3 Å². The Morgan fingerprint density at radius 2 is 2.04 bits per heavy atom. The van der Waals surface area contributed by atoms with E-state index in [1.807, 2.05) is 30.8 Å². The normalized spacial score (nSPS) is 16.9. The van der Waals surface area contributed by atoms with Gasteiger partial charge in [0.05, 0.1) is 5.69 Å². The maximum absolute atomic E-state index is 14.2. The van der Waals surface area contributed by atoms with Crippen molar-refractivity contribution >= 4 is 5.96 Å². The van der Waals surface area contributed by atoms with Crippen LogP contribution < -0.4 is 10.6 Å². The van der Waals surface area contributed by atoms with Gasteiger partial charge in [-0.25, -0.2) is 4.39 Å². The molecule has 1 fully saturated rings. The van der Waals surface area contributed by atoms with Gasteiger partial charge in [-0.15, -0.1) is 0 Å². The molecule has 1 aromatic heterocycles. The molecular formula is C21H30FN5. The molecule has 27 heavy (non-hydrogen) atoms. The van der Waals surface area contributed by atoms with Crippen LogP contribution >= 0.6 is 0 Å². The minimum Gasteiger partial charge on any atom is -0.356 e. The summed E-state index contributed by atoms with van der Waals surface area (Å²) in [5.41, 5.74) is 4.24. The van der Waals surface area contributed by atoms with E-state index in [1.165, 1.54) is 11.3 Å². The number of aryl methyl sites for hydroxylation is 2. The van der Waals surface area contributed by atoms with Crippen molar-refractivity contribution in [3.8, 4) is 0 Å². The highest BCUT2D eigenvalue weighted by Gasteiger charge is 2.45.